The quantitative estimate of drug-likeness (QED) is 0.384. The van der Waals surface area contributed by atoms with Crippen molar-refractivity contribution in [2.75, 3.05) is 13.2 Å². The first-order valence-corrected chi connectivity index (χ1v) is 10.7. The van der Waals surface area contributed by atoms with Crippen LogP contribution in [0.3, 0.4) is 0 Å². The van der Waals surface area contributed by atoms with Gasteiger partial charge in [-0.15, -0.1) is 6.58 Å². The molecule has 3 rings (SSSR count). The van der Waals surface area contributed by atoms with Gasteiger partial charge in [0.15, 0.2) is 6.29 Å². The van der Waals surface area contributed by atoms with Gasteiger partial charge in [-0.1, -0.05) is 29.8 Å². The third kappa shape index (κ3) is 6.11. The van der Waals surface area contributed by atoms with Gasteiger partial charge in [-0.3, -0.25) is 0 Å². The van der Waals surface area contributed by atoms with Crippen LogP contribution < -0.4 is 0 Å². The second-order valence-electron chi connectivity index (χ2n) is 8.07. The number of ether oxygens (including phenoxy) is 2. The van der Waals surface area contributed by atoms with Gasteiger partial charge in [0.1, 0.15) is 0 Å². The predicted octanol–water partition coefficient (Wildman–Crippen LogP) is 6.42. The number of aryl methyl sites for hydroxylation is 1. The molecule has 0 atom stereocenters. The molecule has 1 saturated carbocycles. The summed E-state index contributed by atoms with van der Waals surface area (Å²) in [5.74, 6) is 2.01. The summed E-state index contributed by atoms with van der Waals surface area (Å²) < 4.78 is 12.2. The Labute approximate surface area is 163 Å². The van der Waals surface area contributed by atoms with Crippen molar-refractivity contribution in [3.05, 3.63) is 47.5 Å². The lowest BCUT2D eigenvalue weighted by molar-refractivity contribution is -0.230. The maximum Gasteiger partial charge on any atom is 0.160 e. The van der Waals surface area contributed by atoms with Gasteiger partial charge in [0, 0.05) is 16.9 Å². The highest BCUT2D eigenvalue weighted by molar-refractivity contribution is 6.30. The molecule has 1 aromatic rings. The number of halogens is 1. The number of hydrogen-bond donors (Lipinski definition) is 0. The molecule has 0 amide bonds. The van der Waals surface area contributed by atoms with Crippen molar-refractivity contribution in [2.45, 2.75) is 64.1 Å². The summed E-state index contributed by atoms with van der Waals surface area (Å²) >= 11 is 5.96. The molecule has 3 heteroatoms. The van der Waals surface area contributed by atoms with Crippen molar-refractivity contribution in [3.8, 4) is 0 Å². The van der Waals surface area contributed by atoms with E-state index >= 15 is 0 Å². The summed E-state index contributed by atoms with van der Waals surface area (Å²) in [7, 11) is 0. The molecule has 0 radical (unpaired) electrons. The highest BCUT2D eigenvalue weighted by Crippen LogP contribution is 2.36. The number of allylic oxidation sites excluding steroid dienone is 1. The molecule has 0 N–H and O–H groups in total. The van der Waals surface area contributed by atoms with E-state index in [0.29, 0.717) is 11.8 Å². The van der Waals surface area contributed by atoms with E-state index in [2.05, 4.69) is 18.7 Å². The summed E-state index contributed by atoms with van der Waals surface area (Å²) in [4.78, 5) is 0. The van der Waals surface area contributed by atoms with Gasteiger partial charge in [-0.2, -0.15) is 0 Å². The third-order valence-corrected chi connectivity index (χ3v) is 6.30. The lowest BCUT2D eigenvalue weighted by Crippen LogP contribution is -2.38. The Morgan fingerprint density at radius 3 is 2.31 bits per heavy atom. The number of hydrogen-bond acceptors (Lipinski definition) is 2. The van der Waals surface area contributed by atoms with E-state index in [9.17, 15) is 0 Å². The Morgan fingerprint density at radius 1 is 0.962 bits per heavy atom. The molecule has 1 saturated heterocycles. The van der Waals surface area contributed by atoms with E-state index in [-0.39, 0.29) is 6.29 Å². The van der Waals surface area contributed by atoms with Gasteiger partial charge in [0.25, 0.3) is 0 Å². The van der Waals surface area contributed by atoms with E-state index in [1.54, 1.807) is 0 Å². The van der Waals surface area contributed by atoms with Crippen LogP contribution in [0.5, 0.6) is 0 Å². The fourth-order valence-corrected chi connectivity index (χ4v) is 4.44. The van der Waals surface area contributed by atoms with Crippen LogP contribution in [0.1, 0.15) is 56.9 Å². The summed E-state index contributed by atoms with van der Waals surface area (Å²) in [5, 5.41) is 0.824. The van der Waals surface area contributed by atoms with Crippen molar-refractivity contribution in [3.63, 3.8) is 0 Å². The smallest absolute Gasteiger partial charge is 0.160 e. The fourth-order valence-electron chi connectivity index (χ4n) is 4.32. The second kappa shape index (κ2) is 10.5. The third-order valence-electron chi connectivity index (χ3n) is 6.04. The molecule has 144 valence electrons. The molecule has 2 fully saturated rings. The first-order valence-electron chi connectivity index (χ1n) is 10.3. The average Bonchev–Trinajstić information content (AvgIpc) is 2.69. The minimum atomic E-state index is 0.0443. The van der Waals surface area contributed by atoms with Crippen LogP contribution in [0.4, 0.5) is 0 Å². The van der Waals surface area contributed by atoms with Crippen LogP contribution in [-0.4, -0.2) is 19.5 Å². The normalized spacial score (nSPS) is 29.4. The molecule has 2 aliphatic rings. The van der Waals surface area contributed by atoms with Gasteiger partial charge in [-0.25, -0.2) is 0 Å². The van der Waals surface area contributed by atoms with Gasteiger partial charge in [-0.05, 0) is 81.4 Å². The highest BCUT2D eigenvalue weighted by Gasteiger charge is 2.32. The minimum Gasteiger partial charge on any atom is -0.352 e. The summed E-state index contributed by atoms with van der Waals surface area (Å²) in [6.45, 7) is 5.54. The SMILES string of the molecule is C=CCCC[C@H]1CO[C@H]([C@H]2CC[C@H](CCc3ccc(Cl)cc3)CC2)OC1. The monoisotopic (exact) mass is 376 g/mol. The Kier molecular flexibility index (Phi) is 8.04. The molecule has 0 aromatic heterocycles. The number of benzene rings is 1. The zero-order valence-electron chi connectivity index (χ0n) is 15.9. The molecule has 1 heterocycles. The topological polar surface area (TPSA) is 18.5 Å². The summed E-state index contributed by atoms with van der Waals surface area (Å²) in [5.41, 5.74) is 1.40. The van der Waals surface area contributed by atoms with Crippen molar-refractivity contribution in [1.29, 1.82) is 0 Å². The van der Waals surface area contributed by atoms with Crippen molar-refractivity contribution >= 4 is 11.6 Å². The van der Waals surface area contributed by atoms with Gasteiger partial charge in [0.05, 0.1) is 13.2 Å². The van der Waals surface area contributed by atoms with Crippen molar-refractivity contribution in [2.24, 2.45) is 17.8 Å². The minimum absolute atomic E-state index is 0.0443. The van der Waals surface area contributed by atoms with E-state index in [1.807, 2.05) is 18.2 Å². The lowest BCUT2D eigenvalue weighted by Gasteiger charge is -2.37. The average molecular weight is 377 g/mol. The van der Waals surface area contributed by atoms with Crippen LogP contribution in [0.25, 0.3) is 0 Å². The first-order chi connectivity index (χ1) is 12.7. The lowest BCUT2D eigenvalue weighted by atomic mass is 9.79. The Hall–Kier alpha value is -0.830. The molecule has 0 bridgehead atoms. The first kappa shape index (κ1) is 19.9. The maximum absolute atomic E-state index is 6.08. The molecule has 2 nitrogen and oxygen atoms in total. The molecule has 1 aromatic carbocycles. The molecule has 0 spiro atoms. The molecular formula is C23H33ClO2. The highest BCUT2D eigenvalue weighted by atomic mass is 35.5. The standard InChI is InChI=1S/C23H33ClO2/c1-2-3-4-5-20-16-25-23(26-17-20)21-12-8-18(9-13-21)6-7-19-10-14-22(24)15-11-19/h2,10-11,14-15,18,20-21,23H,1,3-9,12-13,16-17H2/t18-,20-,21-,23-. The summed E-state index contributed by atoms with van der Waals surface area (Å²) in [6, 6.07) is 8.30. The van der Waals surface area contributed by atoms with Gasteiger partial charge in [0.2, 0.25) is 0 Å². The fraction of sp³-hybridized carbons (Fsp3) is 0.652. The zero-order valence-corrected chi connectivity index (χ0v) is 16.6. The van der Waals surface area contributed by atoms with E-state index in [4.69, 9.17) is 21.1 Å². The largest absolute Gasteiger partial charge is 0.352 e. The van der Waals surface area contributed by atoms with Crippen molar-refractivity contribution < 1.29 is 9.47 Å². The van der Waals surface area contributed by atoms with E-state index in [1.165, 1.54) is 50.5 Å². The molecule has 1 aliphatic carbocycles. The molecular weight excluding hydrogens is 344 g/mol. The van der Waals surface area contributed by atoms with E-state index < -0.39 is 0 Å². The van der Waals surface area contributed by atoms with Gasteiger partial charge >= 0.3 is 0 Å². The molecule has 1 aliphatic heterocycles. The Morgan fingerprint density at radius 2 is 1.65 bits per heavy atom. The number of unbranched alkanes of at least 4 members (excludes halogenated alkanes) is 1. The van der Waals surface area contributed by atoms with Crippen LogP contribution in [0.2, 0.25) is 5.02 Å². The van der Waals surface area contributed by atoms with Crippen LogP contribution >= 0.6 is 11.6 Å². The van der Waals surface area contributed by atoms with Crippen LogP contribution in [-0.2, 0) is 15.9 Å². The maximum atomic E-state index is 6.08. The molecule has 0 unspecified atom stereocenters. The number of rotatable bonds is 8. The Balaban J connectivity index is 1.32. The van der Waals surface area contributed by atoms with Crippen LogP contribution in [0, 0.1) is 17.8 Å². The van der Waals surface area contributed by atoms with Gasteiger partial charge < -0.3 is 9.47 Å². The molecule has 26 heavy (non-hydrogen) atoms. The van der Waals surface area contributed by atoms with E-state index in [0.717, 1.165) is 37.0 Å². The zero-order chi connectivity index (χ0) is 18.2. The Bertz CT molecular complexity index is 526. The predicted molar refractivity (Wildman–Crippen MR) is 108 cm³/mol. The second-order valence-corrected chi connectivity index (χ2v) is 8.50. The van der Waals surface area contributed by atoms with Crippen LogP contribution in [0.15, 0.2) is 36.9 Å². The van der Waals surface area contributed by atoms with Crippen molar-refractivity contribution in [1.82, 2.24) is 0 Å². The summed E-state index contributed by atoms with van der Waals surface area (Å²) in [6.07, 6.45) is 13.1.